The zero-order valence-corrected chi connectivity index (χ0v) is 12.3. The third kappa shape index (κ3) is 3.61. The topological polar surface area (TPSA) is 32.3 Å². The van der Waals surface area contributed by atoms with E-state index in [4.69, 9.17) is 0 Å². The first kappa shape index (κ1) is 14.6. The summed E-state index contributed by atoms with van der Waals surface area (Å²) < 4.78 is 0. The van der Waals surface area contributed by atoms with Gasteiger partial charge in [0.25, 0.3) is 0 Å². The predicted molar refractivity (Wildman–Crippen MR) is 84.0 cm³/mol. The first-order valence-corrected chi connectivity index (χ1v) is 7.28. The Balaban J connectivity index is 1.95. The van der Waals surface area contributed by atoms with Crippen LogP contribution in [0.1, 0.15) is 36.1 Å². The molecule has 0 saturated carbocycles. The van der Waals surface area contributed by atoms with Crippen molar-refractivity contribution in [3.8, 4) is 5.75 Å². The molecular formula is C18H23NO. The Labute approximate surface area is 121 Å². The van der Waals surface area contributed by atoms with Gasteiger partial charge in [-0.25, -0.2) is 0 Å². The highest BCUT2D eigenvalue weighted by molar-refractivity contribution is 5.34. The third-order valence-electron chi connectivity index (χ3n) is 3.77. The predicted octanol–water partition coefficient (Wildman–Crippen LogP) is 3.98. The minimum Gasteiger partial charge on any atom is -0.508 e. The van der Waals surface area contributed by atoms with E-state index < -0.39 is 0 Å². The van der Waals surface area contributed by atoms with Crippen molar-refractivity contribution in [2.45, 2.75) is 32.7 Å². The number of phenolic OH excluding ortho intramolecular Hbond substituents is 1. The van der Waals surface area contributed by atoms with Gasteiger partial charge in [0.2, 0.25) is 0 Å². The SMILES string of the molecule is CCC(NCCc1ccccc1C)c1ccccc1O. The minimum atomic E-state index is 0.209. The van der Waals surface area contributed by atoms with Crippen LogP contribution in [-0.2, 0) is 6.42 Å². The van der Waals surface area contributed by atoms with Crippen molar-refractivity contribution in [2.75, 3.05) is 6.54 Å². The van der Waals surface area contributed by atoms with Gasteiger partial charge in [-0.05, 0) is 43.5 Å². The summed E-state index contributed by atoms with van der Waals surface area (Å²) in [5.41, 5.74) is 3.71. The number of hydrogen-bond acceptors (Lipinski definition) is 2. The lowest BCUT2D eigenvalue weighted by Crippen LogP contribution is -2.23. The van der Waals surface area contributed by atoms with E-state index in [0.29, 0.717) is 5.75 Å². The van der Waals surface area contributed by atoms with Gasteiger partial charge in [-0.2, -0.15) is 0 Å². The van der Waals surface area contributed by atoms with Crippen LogP contribution in [0, 0.1) is 6.92 Å². The molecule has 1 unspecified atom stereocenters. The Kier molecular flexibility index (Phi) is 5.19. The molecule has 1 atom stereocenters. The minimum absolute atomic E-state index is 0.209. The van der Waals surface area contributed by atoms with Crippen LogP contribution in [0.15, 0.2) is 48.5 Å². The first-order valence-electron chi connectivity index (χ1n) is 7.28. The lowest BCUT2D eigenvalue weighted by molar-refractivity contribution is 0.442. The van der Waals surface area contributed by atoms with E-state index in [0.717, 1.165) is 24.9 Å². The molecule has 2 nitrogen and oxygen atoms in total. The van der Waals surface area contributed by atoms with Crippen molar-refractivity contribution in [2.24, 2.45) is 0 Å². The number of aryl methyl sites for hydroxylation is 1. The summed E-state index contributed by atoms with van der Waals surface area (Å²) in [6.45, 7) is 5.20. The van der Waals surface area contributed by atoms with Gasteiger partial charge in [0, 0.05) is 11.6 Å². The van der Waals surface area contributed by atoms with Crippen molar-refractivity contribution in [1.82, 2.24) is 5.32 Å². The fourth-order valence-electron chi connectivity index (χ4n) is 2.53. The zero-order valence-electron chi connectivity index (χ0n) is 12.3. The summed E-state index contributed by atoms with van der Waals surface area (Å²) in [5.74, 6) is 0.378. The molecule has 0 fully saturated rings. The Morgan fingerprint density at radius 3 is 2.45 bits per heavy atom. The molecule has 2 aromatic carbocycles. The van der Waals surface area contributed by atoms with Crippen LogP contribution >= 0.6 is 0 Å². The second-order valence-electron chi connectivity index (χ2n) is 5.15. The molecule has 0 spiro atoms. The second kappa shape index (κ2) is 7.11. The standard InChI is InChI=1S/C18H23NO/c1-3-17(16-10-6-7-11-18(16)20)19-13-12-15-9-5-4-8-14(15)2/h4-11,17,19-20H,3,12-13H2,1-2H3. The van der Waals surface area contributed by atoms with Gasteiger partial charge in [-0.15, -0.1) is 0 Å². The highest BCUT2D eigenvalue weighted by Gasteiger charge is 2.12. The third-order valence-corrected chi connectivity index (χ3v) is 3.77. The van der Waals surface area contributed by atoms with Gasteiger partial charge in [0.15, 0.2) is 0 Å². The molecule has 0 aromatic heterocycles. The normalized spacial score (nSPS) is 12.3. The van der Waals surface area contributed by atoms with Gasteiger partial charge in [0.05, 0.1) is 0 Å². The molecule has 106 valence electrons. The van der Waals surface area contributed by atoms with Crippen LogP contribution in [0.5, 0.6) is 5.75 Å². The smallest absolute Gasteiger partial charge is 0.120 e. The van der Waals surface area contributed by atoms with E-state index in [2.05, 4.69) is 43.4 Å². The summed E-state index contributed by atoms with van der Waals surface area (Å²) in [6.07, 6.45) is 1.97. The molecule has 0 saturated heterocycles. The number of para-hydroxylation sites is 1. The summed E-state index contributed by atoms with van der Waals surface area (Å²) in [7, 11) is 0. The monoisotopic (exact) mass is 269 g/mol. The quantitative estimate of drug-likeness (QED) is 0.831. The van der Waals surface area contributed by atoms with Crippen LogP contribution in [0.4, 0.5) is 0 Å². The summed E-state index contributed by atoms with van der Waals surface area (Å²) >= 11 is 0. The average Bonchev–Trinajstić information content (AvgIpc) is 2.46. The van der Waals surface area contributed by atoms with E-state index in [1.54, 1.807) is 6.07 Å². The van der Waals surface area contributed by atoms with E-state index in [1.807, 2.05) is 18.2 Å². The van der Waals surface area contributed by atoms with Crippen molar-refractivity contribution >= 4 is 0 Å². The Morgan fingerprint density at radius 2 is 1.75 bits per heavy atom. The molecule has 2 heteroatoms. The van der Waals surface area contributed by atoms with Crippen LogP contribution in [-0.4, -0.2) is 11.7 Å². The molecule has 0 bridgehead atoms. The highest BCUT2D eigenvalue weighted by Crippen LogP contribution is 2.25. The molecule has 2 aromatic rings. The average molecular weight is 269 g/mol. The molecule has 0 heterocycles. The summed E-state index contributed by atoms with van der Waals surface area (Å²) in [5, 5.41) is 13.5. The number of hydrogen-bond donors (Lipinski definition) is 2. The van der Waals surface area contributed by atoms with Gasteiger partial charge >= 0.3 is 0 Å². The van der Waals surface area contributed by atoms with E-state index in [-0.39, 0.29) is 6.04 Å². The van der Waals surface area contributed by atoms with Gasteiger partial charge in [-0.1, -0.05) is 49.4 Å². The molecule has 2 N–H and O–H groups in total. The van der Waals surface area contributed by atoms with Crippen molar-refractivity contribution in [3.63, 3.8) is 0 Å². The van der Waals surface area contributed by atoms with E-state index in [9.17, 15) is 5.11 Å². The fourth-order valence-corrected chi connectivity index (χ4v) is 2.53. The lowest BCUT2D eigenvalue weighted by atomic mass is 10.0. The number of rotatable bonds is 6. The maximum absolute atomic E-state index is 9.93. The number of nitrogens with one attached hydrogen (secondary N) is 1. The Bertz CT molecular complexity index is 551. The summed E-state index contributed by atoms with van der Waals surface area (Å²) in [6, 6.07) is 16.3. The van der Waals surface area contributed by atoms with Crippen molar-refractivity contribution in [1.29, 1.82) is 0 Å². The first-order chi connectivity index (χ1) is 9.72. The Hall–Kier alpha value is -1.80. The molecule has 2 rings (SSSR count). The molecule has 0 aliphatic rings. The van der Waals surface area contributed by atoms with Gasteiger partial charge < -0.3 is 10.4 Å². The molecule has 0 aliphatic heterocycles. The van der Waals surface area contributed by atoms with Crippen molar-refractivity contribution in [3.05, 3.63) is 65.2 Å². The van der Waals surface area contributed by atoms with Gasteiger partial charge in [0.1, 0.15) is 5.75 Å². The van der Waals surface area contributed by atoms with Crippen LogP contribution in [0.25, 0.3) is 0 Å². The van der Waals surface area contributed by atoms with E-state index in [1.165, 1.54) is 11.1 Å². The van der Waals surface area contributed by atoms with Crippen LogP contribution < -0.4 is 5.32 Å². The van der Waals surface area contributed by atoms with Crippen LogP contribution in [0.2, 0.25) is 0 Å². The number of aromatic hydroxyl groups is 1. The maximum atomic E-state index is 9.93. The number of phenols is 1. The molecular weight excluding hydrogens is 246 g/mol. The lowest BCUT2D eigenvalue weighted by Gasteiger charge is -2.19. The largest absolute Gasteiger partial charge is 0.508 e. The van der Waals surface area contributed by atoms with E-state index >= 15 is 0 Å². The van der Waals surface area contributed by atoms with Crippen molar-refractivity contribution < 1.29 is 5.11 Å². The Morgan fingerprint density at radius 1 is 1.05 bits per heavy atom. The second-order valence-corrected chi connectivity index (χ2v) is 5.15. The summed E-state index contributed by atoms with van der Waals surface area (Å²) in [4.78, 5) is 0. The van der Waals surface area contributed by atoms with Gasteiger partial charge in [-0.3, -0.25) is 0 Å². The molecule has 0 amide bonds. The molecule has 20 heavy (non-hydrogen) atoms. The van der Waals surface area contributed by atoms with Crippen LogP contribution in [0.3, 0.4) is 0 Å². The zero-order chi connectivity index (χ0) is 14.4. The maximum Gasteiger partial charge on any atom is 0.120 e. The molecule has 0 aliphatic carbocycles. The molecule has 0 radical (unpaired) electrons. The fraction of sp³-hybridized carbons (Fsp3) is 0.333. The number of benzene rings is 2. The highest BCUT2D eigenvalue weighted by atomic mass is 16.3.